The molecule has 0 bridgehead atoms. The lowest BCUT2D eigenvalue weighted by atomic mass is 10.2. The molecule has 0 saturated carbocycles. The van der Waals surface area contributed by atoms with Crippen molar-refractivity contribution in [1.82, 2.24) is 4.98 Å². The van der Waals surface area contributed by atoms with Crippen LogP contribution in [-0.2, 0) is 0 Å². The van der Waals surface area contributed by atoms with Crippen LogP contribution >= 0.6 is 0 Å². The molecular weight excluding hydrogens is 212 g/mol. The average Bonchev–Trinajstić information content (AvgIpc) is 2.37. The Morgan fingerprint density at radius 2 is 1.88 bits per heavy atom. The molecule has 3 heteroatoms. The van der Waals surface area contributed by atoms with Crippen LogP contribution in [0.1, 0.15) is 11.3 Å². The van der Waals surface area contributed by atoms with Crippen molar-refractivity contribution in [2.45, 2.75) is 6.92 Å². The fourth-order valence-corrected chi connectivity index (χ4v) is 1.43. The van der Waals surface area contributed by atoms with Gasteiger partial charge in [0.15, 0.2) is 5.82 Å². The summed E-state index contributed by atoms with van der Waals surface area (Å²) in [6.45, 7) is 1.95. The lowest BCUT2D eigenvalue weighted by Crippen LogP contribution is -1.85. The molecule has 86 valence electrons. The fraction of sp³-hybridized carbons (Fsp3) is 0.143. The Kier molecular flexibility index (Phi) is 3.50. The van der Waals surface area contributed by atoms with Gasteiger partial charge in [0.2, 0.25) is 0 Å². The Bertz CT molecular complexity index is 518. The smallest absolute Gasteiger partial charge is 0.152 e. The maximum Gasteiger partial charge on any atom is 0.152 e. The Morgan fingerprint density at radius 3 is 2.53 bits per heavy atom. The first kappa shape index (κ1) is 11.3. The predicted octanol–water partition coefficient (Wildman–Crippen LogP) is 3.15. The molecule has 0 aliphatic carbocycles. The first-order valence-corrected chi connectivity index (χ1v) is 5.40. The number of methoxy groups -OCH3 is 1. The number of pyridine rings is 1. The Hall–Kier alpha value is -2.16. The van der Waals surface area contributed by atoms with Crippen LogP contribution in [0, 0.1) is 6.92 Å². The van der Waals surface area contributed by atoms with E-state index in [4.69, 9.17) is 4.74 Å². The fourth-order valence-electron chi connectivity index (χ4n) is 1.43. The van der Waals surface area contributed by atoms with Gasteiger partial charge in [0.25, 0.3) is 0 Å². The number of rotatable bonds is 3. The van der Waals surface area contributed by atoms with Crippen molar-refractivity contribution in [3.8, 4) is 5.75 Å². The summed E-state index contributed by atoms with van der Waals surface area (Å²) in [6.07, 6.45) is 1.79. The Balaban J connectivity index is 2.14. The molecule has 1 heterocycles. The van der Waals surface area contributed by atoms with E-state index in [0.717, 1.165) is 22.8 Å². The van der Waals surface area contributed by atoms with Crippen molar-refractivity contribution in [3.63, 3.8) is 0 Å². The van der Waals surface area contributed by atoms with Gasteiger partial charge in [-0.2, -0.15) is 0 Å². The Labute approximate surface area is 101 Å². The highest BCUT2D eigenvalue weighted by molar-refractivity contribution is 5.81. The van der Waals surface area contributed by atoms with Crippen LogP contribution in [0.25, 0.3) is 0 Å². The molecule has 0 aliphatic rings. The zero-order valence-corrected chi connectivity index (χ0v) is 9.92. The number of hydrogen-bond donors (Lipinski definition) is 0. The molecule has 1 aromatic carbocycles. The highest BCUT2D eigenvalue weighted by Crippen LogP contribution is 2.12. The molecule has 0 saturated heterocycles. The summed E-state index contributed by atoms with van der Waals surface area (Å²) in [4.78, 5) is 8.62. The topological polar surface area (TPSA) is 34.5 Å². The second-order valence-electron chi connectivity index (χ2n) is 3.67. The number of aliphatic imine (C=N–C) groups is 1. The van der Waals surface area contributed by atoms with Gasteiger partial charge >= 0.3 is 0 Å². The highest BCUT2D eigenvalue weighted by Gasteiger charge is 1.92. The molecular formula is C14H14N2O. The average molecular weight is 226 g/mol. The highest BCUT2D eigenvalue weighted by atomic mass is 16.5. The van der Waals surface area contributed by atoms with Crippen molar-refractivity contribution in [1.29, 1.82) is 0 Å². The van der Waals surface area contributed by atoms with Crippen molar-refractivity contribution in [2.75, 3.05) is 7.11 Å². The molecule has 0 aliphatic heterocycles. The standard InChI is InChI=1S/C14H14N2O/c1-11-4-3-5-14(16-11)15-10-12-6-8-13(17-2)9-7-12/h3-10H,1-2H3/b15-10+. The van der Waals surface area contributed by atoms with Crippen LogP contribution < -0.4 is 4.74 Å². The summed E-state index contributed by atoms with van der Waals surface area (Å²) in [5.41, 5.74) is 1.99. The molecule has 0 N–H and O–H groups in total. The van der Waals surface area contributed by atoms with Crippen molar-refractivity contribution in [3.05, 3.63) is 53.7 Å². The third kappa shape index (κ3) is 3.14. The third-order valence-corrected chi connectivity index (χ3v) is 2.34. The van der Waals surface area contributed by atoms with E-state index < -0.39 is 0 Å². The second kappa shape index (κ2) is 5.25. The molecule has 2 aromatic rings. The number of ether oxygens (including phenoxy) is 1. The molecule has 3 nitrogen and oxygen atoms in total. The van der Waals surface area contributed by atoms with Crippen LogP contribution in [0.3, 0.4) is 0 Å². The van der Waals surface area contributed by atoms with Gasteiger partial charge in [0.1, 0.15) is 5.75 Å². The summed E-state index contributed by atoms with van der Waals surface area (Å²) in [5, 5.41) is 0. The van der Waals surface area contributed by atoms with Gasteiger partial charge in [0.05, 0.1) is 7.11 Å². The quantitative estimate of drug-likeness (QED) is 0.753. The minimum Gasteiger partial charge on any atom is -0.497 e. The molecule has 0 radical (unpaired) electrons. The molecule has 2 rings (SSSR count). The van der Waals surface area contributed by atoms with Gasteiger partial charge in [-0.3, -0.25) is 0 Å². The maximum absolute atomic E-state index is 5.09. The van der Waals surface area contributed by atoms with Gasteiger partial charge in [-0.05, 0) is 48.9 Å². The molecule has 0 fully saturated rings. The first-order chi connectivity index (χ1) is 8.28. The van der Waals surface area contributed by atoms with Crippen LogP contribution in [0.4, 0.5) is 5.82 Å². The Morgan fingerprint density at radius 1 is 1.12 bits per heavy atom. The lowest BCUT2D eigenvalue weighted by molar-refractivity contribution is 0.415. The minimum absolute atomic E-state index is 0.723. The third-order valence-electron chi connectivity index (χ3n) is 2.34. The van der Waals surface area contributed by atoms with E-state index in [1.807, 2.05) is 49.4 Å². The van der Waals surface area contributed by atoms with E-state index >= 15 is 0 Å². The van der Waals surface area contributed by atoms with Gasteiger partial charge in [-0.25, -0.2) is 9.98 Å². The number of hydrogen-bond acceptors (Lipinski definition) is 3. The maximum atomic E-state index is 5.09. The van der Waals surface area contributed by atoms with Crippen LogP contribution in [0.5, 0.6) is 5.75 Å². The molecule has 0 atom stereocenters. The van der Waals surface area contributed by atoms with Crippen LogP contribution in [0.2, 0.25) is 0 Å². The summed E-state index contributed by atoms with van der Waals surface area (Å²) < 4.78 is 5.09. The zero-order valence-electron chi connectivity index (χ0n) is 9.92. The lowest BCUT2D eigenvalue weighted by Gasteiger charge is -1.99. The normalized spacial score (nSPS) is 10.7. The number of benzene rings is 1. The number of nitrogens with zero attached hydrogens (tertiary/aromatic N) is 2. The minimum atomic E-state index is 0.723. The second-order valence-corrected chi connectivity index (χ2v) is 3.67. The zero-order chi connectivity index (χ0) is 12.1. The van der Waals surface area contributed by atoms with Crippen molar-refractivity contribution in [2.24, 2.45) is 4.99 Å². The number of aromatic nitrogens is 1. The summed E-state index contributed by atoms with van der Waals surface area (Å²) in [6, 6.07) is 13.5. The van der Waals surface area contributed by atoms with E-state index in [9.17, 15) is 0 Å². The SMILES string of the molecule is COc1ccc(/C=N/c2cccc(C)n2)cc1. The van der Waals surface area contributed by atoms with Gasteiger partial charge in [-0.1, -0.05) is 6.07 Å². The van der Waals surface area contributed by atoms with E-state index in [0.29, 0.717) is 0 Å². The van der Waals surface area contributed by atoms with Crippen molar-refractivity contribution < 1.29 is 4.74 Å². The molecule has 0 unspecified atom stereocenters. The van der Waals surface area contributed by atoms with Crippen LogP contribution in [0.15, 0.2) is 47.5 Å². The van der Waals surface area contributed by atoms with E-state index in [1.54, 1.807) is 13.3 Å². The molecule has 0 spiro atoms. The van der Waals surface area contributed by atoms with Crippen molar-refractivity contribution >= 4 is 12.0 Å². The van der Waals surface area contributed by atoms with Gasteiger partial charge in [0, 0.05) is 11.9 Å². The number of aryl methyl sites for hydroxylation is 1. The van der Waals surface area contributed by atoms with E-state index in [1.165, 1.54) is 0 Å². The summed E-state index contributed by atoms with van der Waals surface area (Å²) in [7, 11) is 1.65. The van der Waals surface area contributed by atoms with Gasteiger partial charge in [-0.15, -0.1) is 0 Å². The van der Waals surface area contributed by atoms with E-state index in [-0.39, 0.29) is 0 Å². The summed E-state index contributed by atoms with van der Waals surface area (Å²) in [5.74, 6) is 1.57. The monoisotopic (exact) mass is 226 g/mol. The predicted molar refractivity (Wildman–Crippen MR) is 69.2 cm³/mol. The molecule has 17 heavy (non-hydrogen) atoms. The van der Waals surface area contributed by atoms with E-state index in [2.05, 4.69) is 9.98 Å². The van der Waals surface area contributed by atoms with Crippen LogP contribution in [-0.4, -0.2) is 18.3 Å². The van der Waals surface area contributed by atoms with Gasteiger partial charge < -0.3 is 4.74 Å². The first-order valence-electron chi connectivity index (χ1n) is 5.40. The molecule has 1 aromatic heterocycles. The molecule has 0 amide bonds. The summed E-state index contributed by atoms with van der Waals surface area (Å²) >= 11 is 0. The largest absolute Gasteiger partial charge is 0.497 e.